The number of rotatable bonds is 10. The van der Waals surface area contributed by atoms with Crippen LogP contribution in [0.4, 0.5) is 29.1 Å². The lowest BCUT2D eigenvalue weighted by atomic mass is 10.1. The molecule has 46 heavy (non-hydrogen) atoms. The van der Waals surface area contributed by atoms with Gasteiger partial charge < -0.3 is 29.2 Å². The minimum Gasteiger partial charge on any atom is -0.490 e. The van der Waals surface area contributed by atoms with Crippen molar-refractivity contribution in [2.75, 3.05) is 37.7 Å². The van der Waals surface area contributed by atoms with Crippen molar-refractivity contribution in [2.24, 2.45) is 0 Å². The van der Waals surface area contributed by atoms with E-state index >= 15 is 0 Å². The fourth-order valence-corrected chi connectivity index (χ4v) is 5.39. The Morgan fingerprint density at radius 2 is 1.63 bits per heavy atom. The van der Waals surface area contributed by atoms with Gasteiger partial charge in [0.1, 0.15) is 42.8 Å². The van der Waals surface area contributed by atoms with Gasteiger partial charge in [0.05, 0.1) is 5.56 Å². The van der Waals surface area contributed by atoms with Crippen molar-refractivity contribution >= 4 is 11.5 Å². The maximum Gasteiger partial charge on any atom is 0.416 e. The van der Waals surface area contributed by atoms with E-state index in [0.717, 1.165) is 56.1 Å². The molecule has 242 valence electrons. The summed E-state index contributed by atoms with van der Waals surface area (Å²) in [5.74, 6) is 0.0339. The van der Waals surface area contributed by atoms with Gasteiger partial charge in [-0.3, -0.25) is 9.47 Å². The van der Waals surface area contributed by atoms with Crippen LogP contribution in [0.5, 0.6) is 17.5 Å². The summed E-state index contributed by atoms with van der Waals surface area (Å²) in [6, 6.07) is 18.0. The first-order chi connectivity index (χ1) is 22.1. The zero-order valence-electron chi connectivity index (χ0n) is 24.7. The minimum absolute atomic E-state index is 0.0527. The fraction of sp³-hybridized carbons (Fsp3) is 0.344. The SMILES string of the molecule is O=[N+]([O-])c1cn2c(n1)O[C@H](COc1ccc(N3CCN(Cc4ccc(OCc5ccc(C(F)(F)F)cc5F)cc4)CC3)cc1)CC2. The smallest absolute Gasteiger partial charge is 0.416 e. The Balaban J connectivity index is 0.922. The number of aromatic nitrogens is 2. The number of hydrogen-bond acceptors (Lipinski definition) is 8. The van der Waals surface area contributed by atoms with Crippen molar-refractivity contribution in [3.05, 3.63) is 106 Å². The fourth-order valence-electron chi connectivity index (χ4n) is 5.39. The lowest BCUT2D eigenvalue weighted by molar-refractivity contribution is -0.389. The Kier molecular flexibility index (Phi) is 8.97. The molecule has 0 bridgehead atoms. The minimum atomic E-state index is -4.60. The summed E-state index contributed by atoms with van der Waals surface area (Å²) in [7, 11) is 0. The predicted molar refractivity (Wildman–Crippen MR) is 160 cm³/mol. The molecule has 0 amide bonds. The van der Waals surface area contributed by atoms with Gasteiger partial charge in [0, 0.05) is 61.9 Å². The van der Waals surface area contributed by atoms with E-state index in [1.54, 1.807) is 16.7 Å². The van der Waals surface area contributed by atoms with Crippen LogP contribution in [0.15, 0.2) is 72.9 Å². The lowest BCUT2D eigenvalue weighted by Crippen LogP contribution is -2.45. The number of imidazole rings is 1. The maximum atomic E-state index is 14.1. The quantitative estimate of drug-likeness (QED) is 0.117. The van der Waals surface area contributed by atoms with Gasteiger partial charge in [-0.05, 0) is 59.0 Å². The first-order valence-corrected chi connectivity index (χ1v) is 14.8. The van der Waals surface area contributed by atoms with Crippen molar-refractivity contribution in [3.8, 4) is 17.5 Å². The van der Waals surface area contributed by atoms with Crippen LogP contribution in [0, 0.1) is 15.9 Å². The highest BCUT2D eigenvalue weighted by molar-refractivity contribution is 5.49. The summed E-state index contributed by atoms with van der Waals surface area (Å²) in [6.07, 6.45) is -2.80. The van der Waals surface area contributed by atoms with Crippen LogP contribution < -0.4 is 19.1 Å². The Bertz CT molecular complexity index is 1660. The molecule has 0 saturated carbocycles. The van der Waals surface area contributed by atoms with Crippen LogP contribution >= 0.6 is 0 Å². The Morgan fingerprint density at radius 1 is 0.935 bits per heavy atom. The molecule has 14 heteroatoms. The van der Waals surface area contributed by atoms with E-state index < -0.39 is 22.5 Å². The molecule has 0 N–H and O–H groups in total. The second-order valence-electron chi connectivity index (χ2n) is 11.2. The zero-order chi connectivity index (χ0) is 32.3. The molecule has 2 aliphatic rings. The van der Waals surface area contributed by atoms with E-state index in [1.807, 2.05) is 36.4 Å². The Labute approximate surface area is 261 Å². The number of piperazine rings is 1. The lowest BCUT2D eigenvalue weighted by Gasteiger charge is -2.36. The highest BCUT2D eigenvalue weighted by Crippen LogP contribution is 2.31. The average Bonchev–Trinajstić information content (AvgIpc) is 3.48. The maximum absolute atomic E-state index is 14.1. The molecule has 10 nitrogen and oxygen atoms in total. The third kappa shape index (κ3) is 7.50. The van der Waals surface area contributed by atoms with Crippen LogP contribution in [0.3, 0.4) is 0 Å². The average molecular weight is 642 g/mol. The number of fused-ring (bicyclic) bond motifs is 1. The standard InChI is InChI=1S/C32H31F4N5O5/c33-29-17-24(32(34,35)36)4-3-23(29)20-44-26-7-1-22(2-8-26)18-38-13-15-39(16-14-38)25-5-9-27(10-6-25)45-21-28-11-12-40-19-30(41(42)43)37-31(40)46-28/h1-10,17,19,28H,11-16,18,20-21H2/t28-/m0/s1. The van der Waals surface area contributed by atoms with Gasteiger partial charge in [-0.15, -0.1) is 0 Å². The van der Waals surface area contributed by atoms with Gasteiger partial charge in [-0.25, -0.2) is 4.39 Å². The summed E-state index contributed by atoms with van der Waals surface area (Å²) in [5.41, 5.74) is 1.21. The molecule has 3 heterocycles. The summed E-state index contributed by atoms with van der Waals surface area (Å²) >= 11 is 0. The highest BCUT2D eigenvalue weighted by Gasteiger charge is 2.31. The summed E-state index contributed by atoms with van der Waals surface area (Å²) in [6.45, 7) is 4.92. The molecule has 0 radical (unpaired) electrons. The molecule has 0 aliphatic carbocycles. The molecule has 2 aliphatic heterocycles. The van der Waals surface area contributed by atoms with Crippen LogP contribution in [0.25, 0.3) is 0 Å². The molecule has 1 fully saturated rings. The van der Waals surface area contributed by atoms with Crippen molar-refractivity contribution in [1.82, 2.24) is 14.5 Å². The second kappa shape index (κ2) is 13.3. The Morgan fingerprint density at radius 3 is 2.30 bits per heavy atom. The molecule has 0 unspecified atom stereocenters. The van der Waals surface area contributed by atoms with Crippen molar-refractivity contribution < 1.29 is 36.7 Å². The molecule has 6 rings (SSSR count). The Hall–Kier alpha value is -4.85. The van der Waals surface area contributed by atoms with Gasteiger partial charge in [-0.1, -0.05) is 18.2 Å². The van der Waals surface area contributed by atoms with Crippen LogP contribution in [0.1, 0.15) is 23.1 Å². The van der Waals surface area contributed by atoms with Gasteiger partial charge >= 0.3 is 18.0 Å². The van der Waals surface area contributed by atoms with E-state index in [-0.39, 0.29) is 30.1 Å². The summed E-state index contributed by atoms with van der Waals surface area (Å²) in [4.78, 5) is 19.0. The van der Waals surface area contributed by atoms with E-state index in [9.17, 15) is 27.7 Å². The van der Waals surface area contributed by atoms with Crippen LogP contribution in [-0.2, 0) is 25.9 Å². The number of aryl methyl sites for hydroxylation is 1. The summed E-state index contributed by atoms with van der Waals surface area (Å²) in [5, 5.41) is 11.0. The third-order valence-corrected chi connectivity index (χ3v) is 7.99. The molecule has 1 atom stereocenters. The van der Waals surface area contributed by atoms with E-state index in [0.29, 0.717) is 37.1 Å². The number of halogens is 4. The van der Waals surface area contributed by atoms with E-state index in [1.165, 1.54) is 6.20 Å². The topological polar surface area (TPSA) is 95.1 Å². The summed E-state index contributed by atoms with van der Waals surface area (Å²) < 4.78 is 71.3. The first-order valence-electron chi connectivity index (χ1n) is 14.8. The number of hydrogen-bond donors (Lipinski definition) is 0. The number of anilines is 1. The number of nitro groups is 1. The number of benzene rings is 3. The van der Waals surface area contributed by atoms with Crippen molar-refractivity contribution in [3.63, 3.8) is 0 Å². The normalized spacial score (nSPS) is 16.9. The largest absolute Gasteiger partial charge is 0.490 e. The van der Waals surface area contributed by atoms with E-state index in [4.69, 9.17) is 14.2 Å². The van der Waals surface area contributed by atoms with Crippen LogP contribution in [-0.4, -0.2) is 58.3 Å². The van der Waals surface area contributed by atoms with Crippen molar-refractivity contribution in [2.45, 2.75) is 38.4 Å². The van der Waals surface area contributed by atoms with Gasteiger partial charge in [-0.2, -0.15) is 13.2 Å². The molecule has 1 saturated heterocycles. The van der Waals surface area contributed by atoms with Crippen molar-refractivity contribution in [1.29, 1.82) is 0 Å². The molecular weight excluding hydrogens is 610 g/mol. The molecule has 3 aromatic carbocycles. The molecule has 4 aromatic rings. The van der Waals surface area contributed by atoms with E-state index in [2.05, 4.69) is 14.8 Å². The highest BCUT2D eigenvalue weighted by atomic mass is 19.4. The number of alkyl halides is 3. The van der Waals surface area contributed by atoms with Gasteiger partial charge in [0.2, 0.25) is 0 Å². The monoisotopic (exact) mass is 641 g/mol. The zero-order valence-corrected chi connectivity index (χ0v) is 24.7. The molecule has 1 aromatic heterocycles. The van der Waals surface area contributed by atoms with Gasteiger partial charge in [0.15, 0.2) is 0 Å². The predicted octanol–water partition coefficient (Wildman–Crippen LogP) is 6.08. The third-order valence-electron chi connectivity index (χ3n) is 7.99. The van der Waals surface area contributed by atoms with Gasteiger partial charge in [0.25, 0.3) is 0 Å². The molecular formula is C32H31F4N5O5. The van der Waals surface area contributed by atoms with Crippen LogP contribution in [0.2, 0.25) is 0 Å². The molecule has 0 spiro atoms. The number of nitrogens with zero attached hydrogens (tertiary/aromatic N) is 5. The first kappa shape index (κ1) is 31.1. The number of ether oxygens (including phenoxy) is 3. The second-order valence-corrected chi connectivity index (χ2v) is 11.2.